The SMILES string of the molecule is COc1cccc(C2CC(C(=O)N3CC=C(c4ccccc4)CC3)NN2)c1. The number of ether oxygens (including phenoxy) is 1. The number of benzene rings is 2. The Kier molecular flexibility index (Phi) is 5.23. The molecule has 0 spiro atoms. The summed E-state index contributed by atoms with van der Waals surface area (Å²) < 4.78 is 5.30. The fraction of sp³-hybridized carbons (Fsp3) is 0.318. The quantitative estimate of drug-likeness (QED) is 0.877. The predicted octanol–water partition coefficient (Wildman–Crippen LogP) is 2.92. The van der Waals surface area contributed by atoms with Gasteiger partial charge in [0.1, 0.15) is 11.8 Å². The van der Waals surface area contributed by atoms with Crippen molar-refractivity contribution in [3.63, 3.8) is 0 Å². The molecule has 1 amide bonds. The fourth-order valence-corrected chi connectivity index (χ4v) is 3.80. The van der Waals surface area contributed by atoms with Gasteiger partial charge in [0.05, 0.1) is 7.11 Å². The van der Waals surface area contributed by atoms with Crippen LogP contribution in [0.5, 0.6) is 5.75 Å². The Morgan fingerprint density at radius 3 is 2.70 bits per heavy atom. The van der Waals surface area contributed by atoms with Crippen LogP contribution in [0.25, 0.3) is 5.57 Å². The highest BCUT2D eigenvalue weighted by Crippen LogP contribution is 2.27. The van der Waals surface area contributed by atoms with Gasteiger partial charge in [-0.05, 0) is 41.7 Å². The third-order valence-corrected chi connectivity index (χ3v) is 5.36. The first-order valence-electron chi connectivity index (χ1n) is 9.43. The number of nitrogens with one attached hydrogen (secondary N) is 2. The van der Waals surface area contributed by atoms with E-state index in [0.29, 0.717) is 6.54 Å². The van der Waals surface area contributed by atoms with E-state index in [1.54, 1.807) is 7.11 Å². The summed E-state index contributed by atoms with van der Waals surface area (Å²) >= 11 is 0. The van der Waals surface area contributed by atoms with Crippen LogP contribution in [0.2, 0.25) is 0 Å². The Balaban J connectivity index is 1.37. The molecule has 4 rings (SSSR count). The lowest BCUT2D eigenvalue weighted by Gasteiger charge is -2.28. The summed E-state index contributed by atoms with van der Waals surface area (Å²) in [6.45, 7) is 1.44. The fourth-order valence-electron chi connectivity index (χ4n) is 3.80. The van der Waals surface area contributed by atoms with E-state index in [4.69, 9.17) is 4.74 Å². The molecule has 2 N–H and O–H groups in total. The van der Waals surface area contributed by atoms with Crippen molar-refractivity contribution < 1.29 is 9.53 Å². The molecule has 2 aliphatic rings. The number of hydrogen-bond acceptors (Lipinski definition) is 4. The highest BCUT2D eigenvalue weighted by atomic mass is 16.5. The smallest absolute Gasteiger partial charge is 0.241 e. The minimum atomic E-state index is -0.201. The average Bonchev–Trinajstić information content (AvgIpc) is 3.24. The van der Waals surface area contributed by atoms with Gasteiger partial charge in [-0.1, -0.05) is 48.5 Å². The molecule has 1 saturated heterocycles. The molecule has 2 aliphatic heterocycles. The highest BCUT2D eigenvalue weighted by molar-refractivity contribution is 5.83. The number of amides is 1. The van der Waals surface area contributed by atoms with Crippen LogP contribution >= 0.6 is 0 Å². The molecule has 0 aliphatic carbocycles. The molecule has 2 unspecified atom stereocenters. The lowest BCUT2D eigenvalue weighted by atomic mass is 9.98. The average molecular weight is 363 g/mol. The Bertz CT molecular complexity index is 834. The summed E-state index contributed by atoms with van der Waals surface area (Å²) in [7, 11) is 1.67. The summed E-state index contributed by atoms with van der Waals surface area (Å²) in [5.41, 5.74) is 10.1. The molecule has 5 nitrogen and oxygen atoms in total. The van der Waals surface area contributed by atoms with Crippen molar-refractivity contribution in [1.29, 1.82) is 0 Å². The number of hydrazine groups is 1. The first-order valence-corrected chi connectivity index (χ1v) is 9.43. The van der Waals surface area contributed by atoms with Crippen LogP contribution in [0.1, 0.15) is 30.0 Å². The zero-order valence-electron chi connectivity index (χ0n) is 15.5. The van der Waals surface area contributed by atoms with Gasteiger partial charge >= 0.3 is 0 Å². The molecule has 0 bridgehead atoms. The maximum absolute atomic E-state index is 12.9. The van der Waals surface area contributed by atoms with Crippen molar-refractivity contribution in [3.8, 4) is 5.75 Å². The summed E-state index contributed by atoms with van der Waals surface area (Å²) in [5, 5.41) is 0. The number of carbonyl (C=O) groups excluding carboxylic acids is 1. The molecule has 2 aromatic rings. The van der Waals surface area contributed by atoms with E-state index in [1.807, 2.05) is 29.2 Å². The van der Waals surface area contributed by atoms with Crippen molar-refractivity contribution in [3.05, 3.63) is 71.8 Å². The Morgan fingerprint density at radius 2 is 1.96 bits per heavy atom. The maximum Gasteiger partial charge on any atom is 0.241 e. The standard InChI is InChI=1S/C22H25N3O2/c1-27-19-9-5-8-18(14-19)20-15-21(24-23-20)22(26)25-12-10-17(11-13-25)16-6-3-2-4-7-16/h2-10,14,20-21,23-24H,11-13,15H2,1H3. The van der Waals surface area contributed by atoms with Gasteiger partial charge in [-0.3, -0.25) is 4.79 Å². The van der Waals surface area contributed by atoms with Crippen molar-refractivity contribution in [1.82, 2.24) is 15.8 Å². The third-order valence-electron chi connectivity index (χ3n) is 5.36. The van der Waals surface area contributed by atoms with E-state index in [1.165, 1.54) is 11.1 Å². The van der Waals surface area contributed by atoms with Gasteiger partial charge in [0.25, 0.3) is 0 Å². The second-order valence-corrected chi connectivity index (χ2v) is 7.04. The minimum Gasteiger partial charge on any atom is -0.497 e. The van der Waals surface area contributed by atoms with Gasteiger partial charge in [0.2, 0.25) is 5.91 Å². The van der Waals surface area contributed by atoms with Gasteiger partial charge in [0.15, 0.2) is 0 Å². The summed E-state index contributed by atoms with van der Waals surface area (Å²) in [6, 6.07) is 18.3. The third kappa shape index (κ3) is 3.89. The number of methoxy groups -OCH3 is 1. The van der Waals surface area contributed by atoms with Crippen LogP contribution in [-0.4, -0.2) is 37.0 Å². The highest BCUT2D eigenvalue weighted by Gasteiger charge is 2.33. The van der Waals surface area contributed by atoms with Crippen LogP contribution in [0, 0.1) is 0 Å². The van der Waals surface area contributed by atoms with Crippen LogP contribution < -0.4 is 15.6 Å². The van der Waals surface area contributed by atoms with E-state index in [2.05, 4.69) is 47.3 Å². The van der Waals surface area contributed by atoms with Gasteiger partial charge in [-0.2, -0.15) is 0 Å². The number of hydrogen-bond donors (Lipinski definition) is 2. The predicted molar refractivity (Wildman–Crippen MR) is 106 cm³/mol. The first-order chi connectivity index (χ1) is 13.2. The van der Waals surface area contributed by atoms with Gasteiger partial charge < -0.3 is 9.64 Å². The molecule has 5 heteroatoms. The van der Waals surface area contributed by atoms with Crippen molar-refractivity contribution in [2.75, 3.05) is 20.2 Å². The van der Waals surface area contributed by atoms with E-state index < -0.39 is 0 Å². The second-order valence-electron chi connectivity index (χ2n) is 7.04. The van der Waals surface area contributed by atoms with Crippen molar-refractivity contribution >= 4 is 11.5 Å². The van der Waals surface area contributed by atoms with Gasteiger partial charge in [0, 0.05) is 19.1 Å². The van der Waals surface area contributed by atoms with Gasteiger partial charge in [-0.25, -0.2) is 10.9 Å². The van der Waals surface area contributed by atoms with Crippen molar-refractivity contribution in [2.24, 2.45) is 0 Å². The first kappa shape index (κ1) is 17.8. The van der Waals surface area contributed by atoms with Crippen LogP contribution in [0.4, 0.5) is 0 Å². The molecule has 0 saturated carbocycles. The van der Waals surface area contributed by atoms with Crippen LogP contribution in [0.15, 0.2) is 60.7 Å². The zero-order valence-corrected chi connectivity index (χ0v) is 15.5. The zero-order chi connectivity index (χ0) is 18.6. The molecule has 140 valence electrons. The Morgan fingerprint density at radius 1 is 1.11 bits per heavy atom. The van der Waals surface area contributed by atoms with E-state index in [9.17, 15) is 4.79 Å². The lowest BCUT2D eigenvalue weighted by Crippen LogP contribution is -2.46. The molecule has 27 heavy (non-hydrogen) atoms. The number of nitrogens with zero attached hydrogens (tertiary/aromatic N) is 1. The van der Waals surface area contributed by atoms with E-state index >= 15 is 0 Å². The van der Waals surface area contributed by atoms with Crippen LogP contribution in [-0.2, 0) is 4.79 Å². The maximum atomic E-state index is 12.9. The number of rotatable bonds is 4. The molecular weight excluding hydrogens is 338 g/mol. The Hall–Kier alpha value is -2.63. The largest absolute Gasteiger partial charge is 0.497 e. The lowest BCUT2D eigenvalue weighted by molar-refractivity contribution is -0.132. The molecule has 0 aromatic heterocycles. The summed E-state index contributed by atoms with van der Waals surface area (Å²) in [4.78, 5) is 14.9. The summed E-state index contributed by atoms with van der Waals surface area (Å²) in [6.07, 6.45) is 3.81. The molecular formula is C22H25N3O2. The van der Waals surface area contributed by atoms with Crippen LogP contribution in [0.3, 0.4) is 0 Å². The van der Waals surface area contributed by atoms with Crippen molar-refractivity contribution in [2.45, 2.75) is 24.9 Å². The molecule has 2 heterocycles. The summed E-state index contributed by atoms with van der Waals surface area (Å²) in [5.74, 6) is 0.995. The van der Waals surface area contributed by atoms with E-state index in [0.717, 1.165) is 30.7 Å². The molecule has 1 fully saturated rings. The minimum absolute atomic E-state index is 0.106. The van der Waals surface area contributed by atoms with Gasteiger partial charge in [-0.15, -0.1) is 0 Å². The number of carbonyl (C=O) groups is 1. The van der Waals surface area contributed by atoms with E-state index in [-0.39, 0.29) is 18.0 Å². The Labute approximate surface area is 160 Å². The normalized spacial score (nSPS) is 22.4. The monoisotopic (exact) mass is 363 g/mol. The topological polar surface area (TPSA) is 53.6 Å². The molecule has 2 aromatic carbocycles. The second kappa shape index (κ2) is 7.94. The molecule has 2 atom stereocenters. The molecule has 0 radical (unpaired) electrons.